The molecule has 1 amide bonds. The summed E-state index contributed by atoms with van der Waals surface area (Å²) in [6.07, 6.45) is 5.16. The monoisotopic (exact) mass is 349 g/mol. The first kappa shape index (κ1) is 18.3. The van der Waals surface area contributed by atoms with E-state index in [4.69, 9.17) is 0 Å². The van der Waals surface area contributed by atoms with Crippen LogP contribution < -0.4 is 0 Å². The van der Waals surface area contributed by atoms with E-state index in [1.54, 1.807) is 0 Å². The fourth-order valence-corrected chi connectivity index (χ4v) is 3.93. The molecule has 1 aromatic rings. The minimum atomic E-state index is -0.153. The highest BCUT2D eigenvalue weighted by Gasteiger charge is 2.28. The molecule has 140 valence electrons. The molecule has 0 spiro atoms. The third-order valence-corrected chi connectivity index (χ3v) is 5.52. The third kappa shape index (κ3) is 4.39. The van der Waals surface area contributed by atoms with E-state index in [2.05, 4.69) is 19.7 Å². The van der Waals surface area contributed by atoms with Crippen molar-refractivity contribution in [2.45, 2.75) is 64.0 Å². The summed E-state index contributed by atoms with van der Waals surface area (Å²) in [5, 5.41) is 18.5. The smallest absolute Gasteiger partial charge is 0.222 e. The van der Waals surface area contributed by atoms with Crippen molar-refractivity contribution >= 4 is 5.91 Å². The lowest BCUT2D eigenvalue weighted by Crippen LogP contribution is -2.39. The summed E-state index contributed by atoms with van der Waals surface area (Å²) in [7, 11) is 2.04. The molecule has 0 radical (unpaired) electrons. The third-order valence-electron chi connectivity index (χ3n) is 5.52. The zero-order valence-electron chi connectivity index (χ0n) is 15.5. The van der Waals surface area contributed by atoms with E-state index in [9.17, 15) is 9.90 Å². The highest BCUT2D eigenvalue weighted by atomic mass is 16.3. The molecular formula is C18H31N5O2. The van der Waals surface area contributed by atoms with Gasteiger partial charge in [0.2, 0.25) is 5.91 Å². The van der Waals surface area contributed by atoms with Gasteiger partial charge in [-0.2, -0.15) is 0 Å². The molecule has 25 heavy (non-hydrogen) atoms. The van der Waals surface area contributed by atoms with Gasteiger partial charge in [0.05, 0.1) is 12.6 Å². The first-order valence-electron chi connectivity index (χ1n) is 9.64. The van der Waals surface area contributed by atoms with E-state index in [1.165, 1.54) is 0 Å². The van der Waals surface area contributed by atoms with Crippen LogP contribution >= 0.6 is 0 Å². The Morgan fingerprint density at radius 2 is 1.96 bits per heavy atom. The molecule has 3 heterocycles. The van der Waals surface area contributed by atoms with Crippen molar-refractivity contribution in [1.29, 1.82) is 0 Å². The van der Waals surface area contributed by atoms with E-state index < -0.39 is 0 Å². The van der Waals surface area contributed by atoms with Crippen molar-refractivity contribution in [2.24, 2.45) is 7.05 Å². The Hall–Kier alpha value is -1.47. The van der Waals surface area contributed by atoms with Crippen molar-refractivity contribution in [3.63, 3.8) is 0 Å². The molecule has 1 N–H and O–H groups in total. The van der Waals surface area contributed by atoms with Gasteiger partial charge in [0, 0.05) is 45.6 Å². The predicted octanol–water partition coefficient (Wildman–Crippen LogP) is 1.28. The van der Waals surface area contributed by atoms with E-state index in [0.29, 0.717) is 6.42 Å². The normalized spacial score (nSPS) is 23.2. The second-order valence-corrected chi connectivity index (χ2v) is 7.47. The maximum atomic E-state index is 12.2. The Bertz CT molecular complexity index is 580. The average molecular weight is 349 g/mol. The van der Waals surface area contributed by atoms with Gasteiger partial charge in [-0.3, -0.25) is 9.69 Å². The number of carbonyl (C=O) groups excluding carboxylic acids is 1. The number of aliphatic hydroxyl groups is 1. The van der Waals surface area contributed by atoms with Crippen LogP contribution in [0.5, 0.6) is 0 Å². The molecule has 2 aliphatic heterocycles. The number of rotatable bonds is 5. The van der Waals surface area contributed by atoms with Crippen LogP contribution in [0.25, 0.3) is 0 Å². The number of aromatic nitrogens is 3. The van der Waals surface area contributed by atoms with Crippen LogP contribution in [0.4, 0.5) is 0 Å². The molecule has 0 saturated carbocycles. The second kappa shape index (κ2) is 8.27. The molecule has 2 aliphatic rings. The van der Waals surface area contributed by atoms with Crippen LogP contribution in [-0.2, 0) is 18.4 Å². The highest BCUT2D eigenvalue weighted by Crippen LogP contribution is 2.26. The summed E-state index contributed by atoms with van der Waals surface area (Å²) in [5.74, 6) is 2.52. The van der Waals surface area contributed by atoms with Gasteiger partial charge in [0.15, 0.2) is 0 Å². The topological polar surface area (TPSA) is 74.5 Å². The Kier molecular flexibility index (Phi) is 6.06. The number of amides is 1. The van der Waals surface area contributed by atoms with Gasteiger partial charge in [-0.05, 0) is 32.1 Å². The van der Waals surface area contributed by atoms with E-state index in [0.717, 1.165) is 76.5 Å². The van der Waals surface area contributed by atoms with E-state index >= 15 is 0 Å². The molecule has 0 aliphatic carbocycles. The Labute approximate surface area is 150 Å². The molecule has 2 fully saturated rings. The number of hydrogen-bond donors (Lipinski definition) is 1. The fourth-order valence-electron chi connectivity index (χ4n) is 3.93. The van der Waals surface area contributed by atoms with Crippen molar-refractivity contribution in [3.8, 4) is 0 Å². The molecule has 1 aromatic heterocycles. The quantitative estimate of drug-likeness (QED) is 0.867. The van der Waals surface area contributed by atoms with Crippen molar-refractivity contribution < 1.29 is 9.90 Å². The molecule has 0 unspecified atom stereocenters. The molecule has 2 saturated heterocycles. The Morgan fingerprint density at radius 3 is 2.68 bits per heavy atom. The molecule has 7 nitrogen and oxygen atoms in total. The summed E-state index contributed by atoms with van der Waals surface area (Å²) < 4.78 is 2.11. The van der Waals surface area contributed by atoms with Crippen LogP contribution in [0, 0.1) is 0 Å². The fraction of sp³-hybridized carbons (Fsp3) is 0.833. The largest absolute Gasteiger partial charge is 0.393 e. The zero-order valence-corrected chi connectivity index (χ0v) is 15.5. The van der Waals surface area contributed by atoms with Gasteiger partial charge >= 0.3 is 0 Å². The maximum absolute atomic E-state index is 12.2. The van der Waals surface area contributed by atoms with Crippen molar-refractivity contribution in [2.75, 3.05) is 26.2 Å². The Morgan fingerprint density at radius 1 is 1.20 bits per heavy atom. The molecular weight excluding hydrogens is 318 g/mol. The number of piperidine rings is 2. The van der Waals surface area contributed by atoms with Crippen LogP contribution in [0.15, 0.2) is 0 Å². The first-order chi connectivity index (χ1) is 12.1. The standard InChI is InChI=1S/C18H31N5O2/c1-3-5-17(25)23-9-4-6-14(12-23)18-20-19-16(21(18)2)13-22-10-7-15(24)8-11-22/h14-15,24H,3-13H2,1-2H3/t14-/m1/s1. The zero-order chi connectivity index (χ0) is 17.8. The van der Waals surface area contributed by atoms with Gasteiger partial charge in [0.1, 0.15) is 11.6 Å². The summed E-state index contributed by atoms with van der Waals surface area (Å²) in [6, 6.07) is 0. The first-order valence-corrected chi connectivity index (χ1v) is 9.64. The molecule has 0 aromatic carbocycles. The van der Waals surface area contributed by atoms with Gasteiger partial charge < -0.3 is 14.6 Å². The second-order valence-electron chi connectivity index (χ2n) is 7.47. The lowest BCUT2D eigenvalue weighted by molar-refractivity contribution is -0.132. The van der Waals surface area contributed by atoms with E-state index in [-0.39, 0.29) is 17.9 Å². The molecule has 7 heteroatoms. The Balaban J connectivity index is 1.63. The predicted molar refractivity (Wildman–Crippen MR) is 95.0 cm³/mol. The van der Waals surface area contributed by atoms with Gasteiger partial charge in [-0.1, -0.05) is 6.92 Å². The van der Waals surface area contributed by atoms with Gasteiger partial charge in [-0.15, -0.1) is 10.2 Å². The van der Waals surface area contributed by atoms with Crippen LogP contribution in [-0.4, -0.2) is 67.9 Å². The van der Waals surface area contributed by atoms with Crippen molar-refractivity contribution in [3.05, 3.63) is 11.6 Å². The molecule has 3 rings (SSSR count). The van der Waals surface area contributed by atoms with Gasteiger partial charge in [0.25, 0.3) is 0 Å². The molecule has 1 atom stereocenters. The minimum Gasteiger partial charge on any atom is -0.393 e. The number of nitrogens with zero attached hydrogens (tertiary/aromatic N) is 5. The number of likely N-dealkylation sites (tertiary alicyclic amines) is 2. The van der Waals surface area contributed by atoms with Gasteiger partial charge in [-0.25, -0.2) is 0 Å². The molecule has 0 bridgehead atoms. The number of aliphatic hydroxyl groups excluding tert-OH is 1. The van der Waals surface area contributed by atoms with Crippen LogP contribution in [0.3, 0.4) is 0 Å². The lowest BCUT2D eigenvalue weighted by atomic mass is 9.96. The summed E-state index contributed by atoms with van der Waals surface area (Å²) >= 11 is 0. The SMILES string of the molecule is CCCC(=O)N1CCC[C@@H](c2nnc(CN3CCC(O)CC3)n2C)C1. The number of hydrogen-bond acceptors (Lipinski definition) is 5. The van der Waals surface area contributed by atoms with Crippen molar-refractivity contribution in [1.82, 2.24) is 24.6 Å². The lowest BCUT2D eigenvalue weighted by Gasteiger charge is -2.32. The summed E-state index contributed by atoms with van der Waals surface area (Å²) in [6.45, 7) is 6.28. The summed E-state index contributed by atoms with van der Waals surface area (Å²) in [5.41, 5.74) is 0. The number of carbonyl (C=O) groups is 1. The van der Waals surface area contributed by atoms with Crippen LogP contribution in [0.1, 0.15) is 63.0 Å². The minimum absolute atomic E-state index is 0.153. The summed E-state index contributed by atoms with van der Waals surface area (Å²) in [4.78, 5) is 16.5. The highest BCUT2D eigenvalue weighted by molar-refractivity contribution is 5.76. The maximum Gasteiger partial charge on any atom is 0.222 e. The average Bonchev–Trinajstić information content (AvgIpc) is 2.98. The van der Waals surface area contributed by atoms with Crippen LogP contribution in [0.2, 0.25) is 0 Å². The van der Waals surface area contributed by atoms with E-state index in [1.807, 2.05) is 18.9 Å².